The summed E-state index contributed by atoms with van der Waals surface area (Å²) in [6.07, 6.45) is 1.92. The molecule has 81 heavy (non-hydrogen) atoms. The molecule has 6 aromatic rings. The molecule has 6 amide bonds. The van der Waals surface area contributed by atoms with Crippen LogP contribution in [0.4, 0.5) is 0 Å². The molecule has 4 unspecified atom stereocenters. The summed E-state index contributed by atoms with van der Waals surface area (Å²) < 4.78 is 0. The van der Waals surface area contributed by atoms with Gasteiger partial charge in [-0.15, -0.1) is 0 Å². The molecule has 428 valence electrons. The molecular weight excluding hydrogens is 1080 g/mol. The number of para-hydroxylation sites is 1. The Hall–Kier alpha value is -8.05. The van der Waals surface area contributed by atoms with Gasteiger partial charge in [-0.3, -0.25) is 33.6 Å². The van der Waals surface area contributed by atoms with E-state index in [9.17, 15) is 53.7 Å². The monoisotopic (exact) mass is 1140 g/mol. The maximum Gasteiger partial charge on any atom is 0.245 e. The highest BCUT2D eigenvalue weighted by Crippen LogP contribution is 2.23. The highest BCUT2D eigenvalue weighted by molar-refractivity contribution is 7.80. The van der Waals surface area contributed by atoms with E-state index < -0.39 is 95.7 Å². The number of H-pyrrole nitrogens is 1. The highest BCUT2D eigenvalue weighted by Gasteiger charge is 2.36. The fourth-order valence-corrected chi connectivity index (χ4v) is 9.56. The molecule has 6 rings (SSSR count). The Morgan fingerprint density at radius 1 is 0.580 bits per heavy atom. The number of rotatable bonds is 30. The van der Waals surface area contributed by atoms with Crippen LogP contribution in [0.25, 0.3) is 21.7 Å². The lowest BCUT2D eigenvalue weighted by Gasteiger charge is -2.28. The first-order chi connectivity index (χ1) is 38.9. The number of hydrogen-bond acceptors (Lipinski definition) is 16. The number of hydrogen-bond donors (Lipinski definition) is 14. The Bertz CT molecular complexity index is 3190. The molecule has 0 spiro atoms. The van der Waals surface area contributed by atoms with Gasteiger partial charge in [0.1, 0.15) is 47.8 Å². The number of fused-ring (bicyclic) bond motifs is 2. The number of nitrogens with zero attached hydrogens (tertiary/aromatic N) is 1. The smallest absolute Gasteiger partial charge is 0.245 e. The zero-order valence-corrected chi connectivity index (χ0v) is 46.2. The Morgan fingerprint density at radius 2 is 1.11 bits per heavy atom. The van der Waals surface area contributed by atoms with Gasteiger partial charge in [0, 0.05) is 47.9 Å². The molecule has 0 aliphatic rings. The lowest BCUT2D eigenvalue weighted by molar-refractivity contribution is -0.136. The average molecular weight is 1150 g/mol. The van der Waals surface area contributed by atoms with Crippen LogP contribution in [0.1, 0.15) is 48.4 Å². The number of carbonyl (C=O) groups excluding carboxylic acids is 8. The number of benzene rings is 5. The van der Waals surface area contributed by atoms with E-state index in [0.29, 0.717) is 35.1 Å². The van der Waals surface area contributed by atoms with Crippen molar-refractivity contribution in [2.45, 2.75) is 106 Å². The fourth-order valence-electron chi connectivity index (χ4n) is 9.14. The normalized spacial score (nSPS) is 14.5. The largest absolute Gasteiger partial charge is 0.508 e. The third-order valence-corrected chi connectivity index (χ3v) is 14.4. The van der Waals surface area contributed by atoms with Gasteiger partial charge in [0.2, 0.25) is 41.5 Å². The van der Waals surface area contributed by atoms with Crippen molar-refractivity contribution in [2.75, 3.05) is 18.1 Å². The number of aliphatic hydroxyl groups is 1. The number of aliphatic hydroxyl groups excluding tert-OH is 1. The second-order valence-corrected chi connectivity index (χ2v) is 20.3. The molecule has 0 fully saturated rings. The van der Waals surface area contributed by atoms with Crippen LogP contribution in [0.3, 0.4) is 0 Å². The van der Waals surface area contributed by atoms with E-state index in [-0.39, 0.29) is 61.7 Å². The van der Waals surface area contributed by atoms with Crippen LogP contribution in [-0.2, 0) is 64.0 Å². The van der Waals surface area contributed by atoms with Crippen molar-refractivity contribution in [3.05, 3.63) is 144 Å². The van der Waals surface area contributed by atoms with Crippen molar-refractivity contribution in [3.63, 3.8) is 0 Å². The number of ketones is 1. The Kier molecular flexibility index (Phi) is 23.4. The molecule has 9 atom stereocenters. The summed E-state index contributed by atoms with van der Waals surface area (Å²) in [6.45, 7) is 1.45. The SMILES string of the molecule is C[C@@H](O)[C@H](NC(=O)C(CCCCN)NC(=O)[C@@H](Cc1c[nH]c2ccccc12)NC(=O)C(Cc1ccc(O)cc1)NC(=O)C(N)CS)C(=O)NC(CS)C(=O)N[C@H](Cc1ccc(O)cc1)C(=O)[C@@H](Cc1cccc2ccccc12)N=C=O. The zero-order valence-electron chi connectivity index (χ0n) is 44.4. The second kappa shape index (κ2) is 30.5. The van der Waals surface area contributed by atoms with Crippen LogP contribution in [0.15, 0.2) is 126 Å². The van der Waals surface area contributed by atoms with Crippen LogP contribution in [0, 0.1) is 0 Å². The molecule has 0 bridgehead atoms. The minimum atomic E-state index is -1.74. The summed E-state index contributed by atoms with van der Waals surface area (Å²) in [5.74, 6) is -6.27. The van der Waals surface area contributed by atoms with Crippen LogP contribution >= 0.6 is 25.3 Å². The van der Waals surface area contributed by atoms with Crippen molar-refractivity contribution in [1.82, 2.24) is 36.9 Å². The van der Waals surface area contributed by atoms with Crippen molar-refractivity contribution < 1.29 is 53.7 Å². The van der Waals surface area contributed by atoms with Gasteiger partial charge in [0.15, 0.2) is 5.78 Å². The highest BCUT2D eigenvalue weighted by atomic mass is 32.1. The quantitative estimate of drug-likeness (QED) is 0.0133. The lowest BCUT2D eigenvalue weighted by Crippen LogP contribution is -2.62. The van der Waals surface area contributed by atoms with E-state index >= 15 is 0 Å². The van der Waals surface area contributed by atoms with E-state index in [4.69, 9.17) is 11.5 Å². The maximum atomic E-state index is 14.7. The number of nitrogens with two attached hydrogens (primary N) is 2. The molecule has 1 heterocycles. The van der Waals surface area contributed by atoms with E-state index in [1.807, 2.05) is 48.5 Å². The summed E-state index contributed by atoms with van der Waals surface area (Å²) in [7, 11) is 0. The van der Waals surface area contributed by atoms with Crippen LogP contribution < -0.4 is 43.4 Å². The van der Waals surface area contributed by atoms with Crippen molar-refractivity contribution in [1.29, 1.82) is 0 Å². The number of thiol groups is 2. The molecule has 0 saturated heterocycles. The van der Waals surface area contributed by atoms with Gasteiger partial charge < -0.3 is 63.7 Å². The summed E-state index contributed by atoms with van der Waals surface area (Å²) in [4.78, 5) is 118. The molecule has 0 aliphatic heterocycles. The number of phenols is 2. The number of aromatic nitrogens is 1. The van der Waals surface area contributed by atoms with Gasteiger partial charge in [-0.05, 0) is 103 Å². The number of carbonyl (C=O) groups is 7. The van der Waals surface area contributed by atoms with Crippen LogP contribution in [0.5, 0.6) is 11.5 Å². The first-order valence-electron chi connectivity index (χ1n) is 26.3. The van der Waals surface area contributed by atoms with Crippen molar-refractivity contribution >= 4 is 94.2 Å². The summed E-state index contributed by atoms with van der Waals surface area (Å²) in [5, 5.41) is 49.2. The Balaban J connectivity index is 1.22. The lowest BCUT2D eigenvalue weighted by atomic mass is 9.92. The van der Waals surface area contributed by atoms with Gasteiger partial charge in [-0.2, -0.15) is 30.2 Å². The molecule has 5 aromatic carbocycles. The number of nitrogens with one attached hydrogen (secondary N) is 7. The van der Waals surface area contributed by atoms with Crippen molar-refractivity contribution in [2.24, 2.45) is 16.5 Å². The topological polar surface area (TPSA) is 350 Å². The summed E-state index contributed by atoms with van der Waals surface area (Å²) in [6, 6.07) is 21.0. The molecule has 23 heteroatoms. The van der Waals surface area contributed by atoms with Gasteiger partial charge in [-0.1, -0.05) is 84.9 Å². The van der Waals surface area contributed by atoms with E-state index in [1.54, 1.807) is 48.7 Å². The molecule has 0 radical (unpaired) electrons. The minimum Gasteiger partial charge on any atom is -0.508 e. The van der Waals surface area contributed by atoms with Gasteiger partial charge in [0.25, 0.3) is 0 Å². The number of aliphatic imine (C=N–C) groups is 1. The van der Waals surface area contributed by atoms with E-state index in [0.717, 1.165) is 21.7 Å². The molecule has 0 aliphatic carbocycles. The van der Waals surface area contributed by atoms with Crippen LogP contribution in [0.2, 0.25) is 0 Å². The zero-order chi connectivity index (χ0) is 58.6. The Labute approximate surface area is 478 Å². The average Bonchev–Trinajstić information content (AvgIpc) is 3.89. The predicted octanol–water partition coefficient (Wildman–Crippen LogP) is 1.88. The number of unbranched alkanes of at least 4 members (excludes halogenated alkanes) is 1. The molecule has 21 nitrogen and oxygen atoms in total. The minimum absolute atomic E-state index is 0.0222. The number of phenolic OH excluding ortho intramolecular Hbond substituents is 2. The number of aromatic amines is 1. The molecule has 14 N–H and O–H groups in total. The predicted molar refractivity (Wildman–Crippen MR) is 312 cm³/mol. The van der Waals surface area contributed by atoms with Gasteiger partial charge >= 0.3 is 0 Å². The number of aromatic hydroxyl groups is 2. The summed E-state index contributed by atoms with van der Waals surface area (Å²) >= 11 is 8.44. The van der Waals surface area contributed by atoms with E-state index in [1.165, 1.54) is 37.3 Å². The first-order valence-corrected chi connectivity index (χ1v) is 27.6. The third kappa shape index (κ3) is 17.7. The second-order valence-electron chi connectivity index (χ2n) is 19.6. The van der Waals surface area contributed by atoms with Crippen LogP contribution in [-0.4, -0.2) is 140 Å². The molecule has 1 aromatic heterocycles. The number of isocyanates is 1. The fraction of sp³-hybridized carbons (Fsp3) is 0.345. The molecule has 0 saturated carbocycles. The number of Topliss-reactive ketones (excluding diaryl/α,β-unsaturated/α-hetero) is 1. The number of amides is 6. The third-order valence-electron chi connectivity index (χ3n) is 13.6. The molecular formula is C58H68N10O11S2. The summed E-state index contributed by atoms with van der Waals surface area (Å²) in [5.41, 5.74) is 14.9. The Morgan fingerprint density at radius 3 is 1.73 bits per heavy atom. The maximum absolute atomic E-state index is 14.7. The van der Waals surface area contributed by atoms with Gasteiger partial charge in [-0.25, -0.2) is 4.79 Å². The van der Waals surface area contributed by atoms with Crippen molar-refractivity contribution in [3.8, 4) is 11.5 Å². The first kappa shape index (κ1) is 62.2. The van der Waals surface area contributed by atoms with Gasteiger partial charge in [0.05, 0.1) is 18.2 Å². The standard InChI is InChI=1S/C58H68N10O11S2/c1-33(70)51(58(79)67-50(31-81)57(78)64-47(25-34-16-20-39(71)21-17-34)52(73)46(62-32-69)27-37-11-8-10-36-9-2-3-12-41(36)37)68-54(75)45(15-6-7-24-59)63-56(77)49(28-38-29-61-44-14-5-4-13-42(38)44)66-55(76)48(65-53(74)43(60)30-80)26-35-18-22-40(72)23-19-35/h2-5,8-14,16-23,29,33,43,45-51,61,70-72,80-81H,6-7,15,24-28,30-31,59-60H2,1H3,(H,63,77)(H,64,78)(H,65,74)(H,66,76)(H,67,79)(H,68,75)/t33-,43?,45?,46-,47-,48?,49-,50?,51+/m1/s1. The van der Waals surface area contributed by atoms with E-state index in [2.05, 4.69) is 67.1 Å².